The summed E-state index contributed by atoms with van der Waals surface area (Å²) in [6.45, 7) is 9.94. The lowest BCUT2D eigenvalue weighted by molar-refractivity contribution is -0.161. The van der Waals surface area contributed by atoms with Gasteiger partial charge in [-0.05, 0) is 48.1 Å². The second kappa shape index (κ2) is 10.9. The second-order valence-electron chi connectivity index (χ2n) is 10.6. The average molecular weight is 526 g/mol. The summed E-state index contributed by atoms with van der Waals surface area (Å²) < 4.78 is 34.3. The largest absolute Gasteiger partial charge is 0.512 e. The molecule has 1 unspecified atom stereocenters. The minimum Gasteiger partial charge on any atom is -0.512 e. The zero-order valence-electron chi connectivity index (χ0n) is 22.0. The Labute approximate surface area is 219 Å². The van der Waals surface area contributed by atoms with Crippen molar-refractivity contribution in [2.45, 2.75) is 83.3 Å². The number of cyclic esters (lactones) is 1. The van der Waals surface area contributed by atoms with E-state index in [1.54, 1.807) is 24.3 Å². The first kappa shape index (κ1) is 28.2. The van der Waals surface area contributed by atoms with Gasteiger partial charge in [-0.25, -0.2) is 9.78 Å². The Morgan fingerprint density at radius 1 is 1.19 bits per heavy atom. The highest BCUT2D eigenvalue weighted by atomic mass is 32.2. The number of rotatable bonds is 9. The molecule has 8 nitrogen and oxygen atoms in total. The van der Waals surface area contributed by atoms with Gasteiger partial charge in [-0.15, -0.1) is 0 Å². The van der Waals surface area contributed by atoms with Gasteiger partial charge < -0.3 is 9.84 Å². The molecular weight excluding hydrogens is 490 g/mol. The van der Waals surface area contributed by atoms with Gasteiger partial charge in [-0.2, -0.15) is 13.7 Å². The standard InChI is InChI=1S/C28H35N3O5S/c1-6-13-28(14-7-2)16-22(32)24(26(33)36-28)25(27(3,4)5)20-9-8-10-21(15-20)31-37(34,35)23-12-11-19(17-29)18-30-23/h8-12,15,18,25,31-32H,6-7,13-14,16H2,1-5H3. The molecule has 1 atom stereocenters. The van der Waals surface area contributed by atoms with E-state index in [1.165, 1.54) is 18.3 Å². The lowest BCUT2D eigenvalue weighted by Crippen LogP contribution is -2.42. The molecule has 0 bridgehead atoms. The van der Waals surface area contributed by atoms with Gasteiger partial charge in [-0.3, -0.25) is 4.72 Å². The zero-order valence-corrected chi connectivity index (χ0v) is 22.9. The minimum atomic E-state index is -4.01. The summed E-state index contributed by atoms with van der Waals surface area (Å²) in [4.78, 5) is 17.3. The number of carbonyl (C=O) groups is 1. The Bertz CT molecular complexity index is 1310. The third-order valence-electron chi connectivity index (χ3n) is 6.51. The molecule has 1 aromatic heterocycles. The van der Waals surface area contributed by atoms with E-state index in [9.17, 15) is 18.3 Å². The van der Waals surface area contributed by atoms with Crippen LogP contribution in [0.2, 0.25) is 0 Å². The number of pyridine rings is 1. The smallest absolute Gasteiger partial charge is 0.338 e. The number of nitrogens with zero attached hydrogens (tertiary/aromatic N) is 2. The predicted molar refractivity (Wildman–Crippen MR) is 141 cm³/mol. The molecule has 2 N–H and O–H groups in total. The number of hydrogen-bond acceptors (Lipinski definition) is 7. The highest BCUT2D eigenvalue weighted by molar-refractivity contribution is 7.92. The summed E-state index contributed by atoms with van der Waals surface area (Å²) >= 11 is 0. The molecule has 0 radical (unpaired) electrons. The van der Waals surface area contributed by atoms with Gasteiger partial charge in [0.05, 0.1) is 11.1 Å². The van der Waals surface area contributed by atoms with Crippen molar-refractivity contribution >= 4 is 21.7 Å². The van der Waals surface area contributed by atoms with Gasteiger partial charge >= 0.3 is 5.97 Å². The number of carbonyl (C=O) groups excluding carboxylic acids is 1. The third-order valence-corrected chi connectivity index (χ3v) is 7.81. The van der Waals surface area contributed by atoms with Gasteiger partial charge in [-0.1, -0.05) is 59.6 Å². The number of aliphatic hydroxyl groups excluding tert-OH is 1. The van der Waals surface area contributed by atoms with Crippen molar-refractivity contribution in [1.29, 1.82) is 5.26 Å². The van der Waals surface area contributed by atoms with E-state index in [1.807, 2.05) is 40.7 Å². The van der Waals surface area contributed by atoms with Crippen LogP contribution in [0.1, 0.15) is 83.8 Å². The molecule has 0 fully saturated rings. The van der Waals surface area contributed by atoms with Crippen molar-refractivity contribution in [2.75, 3.05) is 4.72 Å². The van der Waals surface area contributed by atoms with Gasteiger partial charge in [0.1, 0.15) is 17.4 Å². The Kier molecular flexibility index (Phi) is 8.33. The van der Waals surface area contributed by atoms with Crippen molar-refractivity contribution in [1.82, 2.24) is 4.98 Å². The highest BCUT2D eigenvalue weighted by Crippen LogP contribution is 2.47. The van der Waals surface area contributed by atoms with Gasteiger partial charge in [0.15, 0.2) is 5.03 Å². The van der Waals surface area contributed by atoms with Crippen LogP contribution in [0, 0.1) is 16.7 Å². The number of aromatic nitrogens is 1. The number of hydrogen-bond donors (Lipinski definition) is 2. The molecule has 1 aliphatic rings. The molecule has 0 saturated heterocycles. The molecular formula is C28H35N3O5S. The molecule has 0 saturated carbocycles. The maximum Gasteiger partial charge on any atom is 0.338 e. The molecule has 1 aromatic carbocycles. The first-order valence-corrected chi connectivity index (χ1v) is 14.0. The van der Waals surface area contributed by atoms with Crippen LogP contribution in [0.15, 0.2) is 59.0 Å². The Morgan fingerprint density at radius 2 is 1.86 bits per heavy atom. The third kappa shape index (κ3) is 6.31. The summed E-state index contributed by atoms with van der Waals surface area (Å²) in [7, 11) is -4.01. The number of esters is 1. The fourth-order valence-electron chi connectivity index (χ4n) is 5.10. The van der Waals surface area contributed by atoms with Crippen LogP contribution in [0.25, 0.3) is 0 Å². The molecule has 0 aliphatic carbocycles. The van der Waals surface area contributed by atoms with Crippen molar-refractivity contribution < 1.29 is 23.1 Å². The summed E-state index contributed by atoms with van der Waals surface area (Å²) in [5.41, 5.74) is 0.213. The molecule has 3 rings (SSSR count). The van der Waals surface area contributed by atoms with Crippen LogP contribution in [-0.2, 0) is 19.6 Å². The monoisotopic (exact) mass is 525 g/mol. The van der Waals surface area contributed by atoms with E-state index in [-0.39, 0.29) is 34.0 Å². The van der Waals surface area contributed by atoms with E-state index in [0.717, 1.165) is 12.8 Å². The summed E-state index contributed by atoms with van der Waals surface area (Å²) in [6.07, 6.45) is 4.46. The first-order valence-electron chi connectivity index (χ1n) is 12.5. The number of aliphatic hydroxyl groups is 1. The molecule has 0 spiro atoms. The van der Waals surface area contributed by atoms with Crippen molar-refractivity contribution in [3.8, 4) is 6.07 Å². The van der Waals surface area contributed by atoms with Crippen LogP contribution < -0.4 is 4.72 Å². The van der Waals surface area contributed by atoms with E-state index in [2.05, 4.69) is 9.71 Å². The molecule has 37 heavy (non-hydrogen) atoms. The normalized spacial score (nSPS) is 16.6. The average Bonchev–Trinajstić information content (AvgIpc) is 2.81. The maximum atomic E-state index is 13.4. The van der Waals surface area contributed by atoms with Crippen LogP contribution in [-0.4, -0.2) is 30.1 Å². The maximum absolute atomic E-state index is 13.4. The topological polar surface area (TPSA) is 129 Å². The van der Waals surface area contributed by atoms with E-state index in [4.69, 9.17) is 10.00 Å². The van der Waals surface area contributed by atoms with Crippen LogP contribution in [0.4, 0.5) is 5.69 Å². The van der Waals surface area contributed by atoms with E-state index in [0.29, 0.717) is 18.4 Å². The Balaban J connectivity index is 2.00. The molecule has 1 aliphatic heterocycles. The number of ether oxygens (including phenoxy) is 1. The molecule has 2 heterocycles. The van der Waals surface area contributed by atoms with Crippen LogP contribution in [0.3, 0.4) is 0 Å². The summed E-state index contributed by atoms with van der Waals surface area (Å²) in [5, 5.41) is 19.9. The fraction of sp³-hybridized carbons (Fsp3) is 0.464. The van der Waals surface area contributed by atoms with Crippen molar-refractivity contribution in [3.63, 3.8) is 0 Å². The lowest BCUT2D eigenvalue weighted by atomic mass is 9.70. The quantitative estimate of drug-likeness (QED) is 0.385. The molecule has 9 heteroatoms. The number of sulfonamides is 1. The fourth-order valence-corrected chi connectivity index (χ4v) is 6.08. The number of benzene rings is 1. The van der Waals surface area contributed by atoms with Crippen LogP contribution >= 0.6 is 0 Å². The number of anilines is 1. The van der Waals surface area contributed by atoms with E-state index >= 15 is 0 Å². The highest BCUT2D eigenvalue weighted by Gasteiger charge is 2.45. The number of nitriles is 1. The zero-order chi connectivity index (χ0) is 27.4. The molecule has 0 amide bonds. The summed E-state index contributed by atoms with van der Waals surface area (Å²) in [5.74, 6) is -1.04. The lowest BCUT2D eigenvalue weighted by Gasteiger charge is -2.41. The van der Waals surface area contributed by atoms with Gasteiger partial charge in [0, 0.05) is 24.2 Å². The van der Waals surface area contributed by atoms with Crippen molar-refractivity contribution in [3.05, 3.63) is 65.1 Å². The second-order valence-corrected chi connectivity index (χ2v) is 12.3. The minimum absolute atomic E-state index is 0.0332. The SMILES string of the molecule is CCCC1(CCC)CC(O)=C(C(c2cccc(NS(=O)(=O)c3ccc(C#N)cn3)c2)C(C)(C)C)C(=O)O1. The van der Waals surface area contributed by atoms with Gasteiger partial charge in [0.25, 0.3) is 10.0 Å². The Hall–Kier alpha value is -3.38. The summed E-state index contributed by atoms with van der Waals surface area (Å²) in [6, 6.07) is 11.3. The molecule has 2 aromatic rings. The van der Waals surface area contributed by atoms with E-state index < -0.39 is 32.9 Å². The first-order chi connectivity index (χ1) is 17.4. The predicted octanol–water partition coefficient (Wildman–Crippen LogP) is 5.98. The molecule has 198 valence electrons. The van der Waals surface area contributed by atoms with Crippen molar-refractivity contribution in [2.24, 2.45) is 5.41 Å². The number of nitrogens with one attached hydrogen (secondary N) is 1. The van der Waals surface area contributed by atoms with Crippen LogP contribution in [0.5, 0.6) is 0 Å². The van der Waals surface area contributed by atoms with Gasteiger partial charge in [0.2, 0.25) is 0 Å². The Morgan fingerprint density at radius 3 is 2.38 bits per heavy atom.